The van der Waals surface area contributed by atoms with Crippen LogP contribution in [0.15, 0.2) is 24.3 Å². The van der Waals surface area contributed by atoms with Gasteiger partial charge < -0.3 is 5.32 Å². The van der Waals surface area contributed by atoms with Gasteiger partial charge in [-0.2, -0.15) is 0 Å². The van der Waals surface area contributed by atoms with Crippen LogP contribution in [0.4, 0.5) is 0 Å². The van der Waals surface area contributed by atoms with Crippen molar-refractivity contribution in [1.29, 1.82) is 0 Å². The zero-order valence-corrected chi connectivity index (χ0v) is 11.4. The van der Waals surface area contributed by atoms with E-state index < -0.39 is 0 Å². The van der Waals surface area contributed by atoms with Crippen molar-refractivity contribution in [2.75, 3.05) is 0 Å². The van der Waals surface area contributed by atoms with E-state index in [0.717, 1.165) is 24.4 Å². The summed E-state index contributed by atoms with van der Waals surface area (Å²) in [6.07, 6.45) is 4.24. The van der Waals surface area contributed by atoms with Crippen LogP contribution in [0, 0.1) is 18.8 Å². The minimum atomic E-state index is 0.833. The van der Waals surface area contributed by atoms with Gasteiger partial charge in [-0.1, -0.05) is 43.7 Å². The van der Waals surface area contributed by atoms with Gasteiger partial charge in [0.2, 0.25) is 0 Å². The maximum absolute atomic E-state index is 2.56. The number of aryl methyl sites for hydroxylation is 1. The van der Waals surface area contributed by atoms with Crippen molar-refractivity contribution in [3.8, 4) is 0 Å². The quantitative estimate of drug-likeness (QED) is 0.825. The van der Waals surface area contributed by atoms with Crippen LogP contribution in [-0.4, -0.2) is 6.04 Å². The first-order chi connectivity index (χ1) is 8.16. The maximum Gasteiger partial charge on any atom is 0.101 e. The number of quaternary nitrogens is 1. The van der Waals surface area contributed by atoms with E-state index in [4.69, 9.17) is 0 Å². The molecule has 1 aromatic carbocycles. The first kappa shape index (κ1) is 12.6. The van der Waals surface area contributed by atoms with E-state index in [1.165, 1.54) is 30.4 Å². The second kappa shape index (κ2) is 5.68. The molecule has 0 spiro atoms. The predicted octanol–water partition coefficient (Wildman–Crippen LogP) is 2.88. The van der Waals surface area contributed by atoms with Crippen molar-refractivity contribution in [2.24, 2.45) is 11.8 Å². The molecule has 1 nitrogen and oxygen atoms in total. The van der Waals surface area contributed by atoms with Gasteiger partial charge in [0.05, 0.1) is 6.04 Å². The summed E-state index contributed by atoms with van der Waals surface area (Å²) in [6, 6.07) is 9.80. The minimum Gasteiger partial charge on any atom is -0.340 e. The van der Waals surface area contributed by atoms with Gasteiger partial charge in [0, 0.05) is 11.5 Å². The SMILES string of the molecule is Cc1ccc(C[NH2+][C@H]2CCC[C@H](C)[C@H]2C)cc1. The van der Waals surface area contributed by atoms with Crippen LogP contribution in [0.2, 0.25) is 0 Å². The second-order valence-corrected chi connectivity index (χ2v) is 5.86. The number of benzene rings is 1. The molecule has 17 heavy (non-hydrogen) atoms. The van der Waals surface area contributed by atoms with Crippen LogP contribution in [-0.2, 0) is 6.54 Å². The smallest absolute Gasteiger partial charge is 0.101 e. The summed E-state index contributed by atoms with van der Waals surface area (Å²) in [4.78, 5) is 0. The van der Waals surface area contributed by atoms with Gasteiger partial charge in [-0.05, 0) is 32.1 Å². The molecule has 0 bridgehead atoms. The average Bonchev–Trinajstić information content (AvgIpc) is 2.33. The molecule has 1 aliphatic rings. The number of hydrogen-bond donors (Lipinski definition) is 1. The van der Waals surface area contributed by atoms with Crippen LogP contribution in [0.5, 0.6) is 0 Å². The van der Waals surface area contributed by atoms with Crippen molar-refractivity contribution in [1.82, 2.24) is 0 Å². The van der Waals surface area contributed by atoms with Crippen LogP contribution in [0.3, 0.4) is 0 Å². The monoisotopic (exact) mass is 232 g/mol. The first-order valence-electron chi connectivity index (χ1n) is 7.05. The summed E-state index contributed by atoms with van der Waals surface area (Å²) in [5.74, 6) is 1.78. The zero-order valence-electron chi connectivity index (χ0n) is 11.4. The predicted molar refractivity (Wildman–Crippen MR) is 72.8 cm³/mol. The third-order valence-corrected chi connectivity index (χ3v) is 4.55. The Morgan fingerprint density at radius 1 is 1.12 bits per heavy atom. The highest BCUT2D eigenvalue weighted by molar-refractivity contribution is 5.20. The van der Waals surface area contributed by atoms with Gasteiger partial charge in [-0.25, -0.2) is 0 Å². The van der Waals surface area contributed by atoms with E-state index >= 15 is 0 Å². The highest BCUT2D eigenvalue weighted by Crippen LogP contribution is 2.27. The van der Waals surface area contributed by atoms with E-state index in [-0.39, 0.29) is 0 Å². The molecule has 0 aromatic heterocycles. The van der Waals surface area contributed by atoms with Crippen molar-refractivity contribution >= 4 is 0 Å². The Balaban J connectivity index is 1.87. The van der Waals surface area contributed by atoms with Gasteiger partial charge in [-0.15, -0.1) is 0 Å². The Kier molecular flexibility index (Phi) is 4.22. The van der Waals surface area contributed by atoms with Gasteiger partial charge in [0.25, 0.3) is 0 Å². The van der Waals surface area contributed by atoms with Crippen molar-refractivity contribution in [3.05, 3.63) is 35.4 Å². The molecule has 1 saturated carbocycles. The topological polar surface area (TPSA) is 16.6 Å². The number of rotatable bonds is 3. The Morgan fingerprint density at radius 3 is 2.53 bits per heavy atom. The van der Waals surface area contributed by atoms with Gasteiger partial charge in [-0.3, -0.25) is 0 Å². The number of hydrogen-bond acceptors (Lipinski definition) is 0. The molecule has 2 rings (SSSR count). The third kappa shape index (κ3) is 3.32. The molecular weight excluding hydrogens is 206 g/mol. The molecule has 0 amide bonds. The van der Waals surface area contributed by atoms with E-state index in [9.17, 15) is 0 Å². The molecule has 0 saturated heterocycles. The van der Waals surface area contributed by atoms with Gasteiger partial charge >= 0.3 is 0 Å². The molecule has 0 aliphatic heterocycles. The van der Waals surface area contributed by atoms with Crippen LogP contribution >= 0.6 is 0 Å². The third-order valence-electron chi connectivity index (χ3n) is 4.55. The average molecular weight is 232 g/mol. The van der Waals surface area contributed by atoms with Crippen molar-refractivity contribution in [2.45, 2.75) is 52.6 Å². The molecule has 1 aliphatic carbocycles. The fourth-order valence-corrected chi connectivity index (χ4v) is 2.97. The summed E-state index contributed by atoms with van der Waals surface area (Å²) < 4.78 is 0. The lowest BCUT2D eigenvalue weighted by Gasteiger charge is -2.32. The summed E-state index contributed by atoms with van der Waals surface area (Å²) >= 11 is 0. The maximum atomic E-state index is 2.56. The zero-order chi connectivity index (χ0) is 12.3. The molecule has 0 radical (unpaired) electrons. The number of nitrogens with two attached hydrogens (primary N) is 1. The lowest BCUT2D eigenvalue weighted by Crippen LogP contribution is -2.90. The van der Waals surface area contributed by atoms with Crippen molar-refractivity contribution in [3.63, 3.8) is 0 Å². The van der Waals surface area contributed by atoms with E-state index in [0.29, 0.717) is 0 Å². The standard InChI is InChI=1S/C16H25N/c1-12-7-9-15(10-8-12)11-17-16-6-4-5-13(2)14(16)3/h7-10,13-14,16-17H,4-6,11H2,1-3H3/p+1/t13-,14+,16-/m0/s1. The van der Waals surface area contributed by atoms with Crippen LogP contribution < -0.4 is 5.32 Å². The van der Waals surface area contributed by atoms with Gasteiger partial charge in [0.1, 0.15) is 6.54 Å². The molecule has 94 valence electrons. The highest BCUT2D eigenvalue weighted by atomic mass is 14.9. The molecule has 3 atom stereocenters. The lowest BCUT2D eigenvalue weighted by atomic mass is 9.78. The molecule has 0 heterocycles. The summed E-state index contributed by atoms with van der Waals surface area (Å²) in [5, 5.41) is 2.56. The molecule has 0 unspecified atom stereocenters. The highest BCUT2D eigenvalue weighted by Gasteiger charge is 2.29. The Hall–Kier alpha value is -0.820. The first-order valence-corrected chi connectivity index (χ1v) is 7.05. The largest absolute Gasteiger partial charge is 0.340 e. The molecule has 1 aromatic rings. The van der Waals surface area contributed by atoms with Crippen LogP contribution in [0.1, 0.15) is 44.2 Å². The lowest BCUT2D eigenvalue weighted by molar-refractivity contribution is -0.713. The van der Waals surface area contributed by atoms with E-state index in [1.54, 1.807) is 0 Å². The van der Waals surface area contributed by atoms with Crippen LogP contribution in [0.25, 0.3) is 0 Å². The Bertz CT molecular complexity index is 341. The normalized spacial score (nSPS) is 29.2. The summed E-state index contributed by atoms with van der Waals surface area (Å²) in [6.45, 7) is 8.14. The van der Waals surface area contributed by atoms with Crippen molar-refractivity contribution < 1.29 is 5.32 Å². The summed E-state index contributed by atoms with van der Waals surface area (Å²) in [5.41, 5.74) is 2.81. The fraction of sp³-hybridized carbons (Fsp3) is 0.625. The van der Waals surface area contributed by atoms with E-state index in [2.05, 4.69) is 50.4 Å². The Labute approximate surface area is 106 Å². The second-order valence-electron chi connectivity index (χ2n) is 5.86. The molecular formula is C16H26N+. The summed E-state index contributed by atoms with van der Waals surface area (Å²) in [7, 11) is 0. The van der Waals surface area contributed by atoms with E-state index in [1.807, 2.05) is 0 Å². The Morgan fingerprint density at radius 2 is 1.82 bits per heavy atom. The minimum absolute atomic E-state index is 0.833. The molecule has 2 N–H and O–H groups in total. The molecule has 1 fully saturated rings. The fourth-order valence-electron chi connectivity index (χ4n) is 2.97. The molecule has 1 heteroatoms. The van der Waals surface area contributed by atoms with Gasteiger partial charge in [0.15, 0.2) is 0 Å².